The Bertz CT molecular complexity index is 1290. The Morgan fingerprint density at radius 2 is 1.65 bits per heavy atom. The molecule has 1 aliphatic rings. The lowest BCUT2D eigenvalue weighted by atomic mass is 9.87. The Hall–Kier alpha value is -3.57. The maximum Gasteiger partial charge on any atom is 0.300 e. The van der Waals surface area contributed by atoms with Crippen LogP contribution in [0.2, 0.25) is 5.02 Å². The minimum Gasteiger partial charge on any atom is -0.507 e. The first-order chi connectivity index (χ1) is 16.1. The van der Waals surface area contributed by atoms with Crippen LogP contribution < -0.4 is 9.64 Å². The second-order valence-corrected chi connectivity index (χ2v) is 9.69. The maximum atomic E-state index is 13.3. The average molecular weight is 476 g/mol. The zero-order valence-electron chi connectivity index (χ0n) is 19.5. The number of ketones is 1. The molecule has 1 atom stereocenters. The Balaban J connectivity index is 1.92. The van der Waals surface area contributed by atoms with Crippen molar-refractivity contribution in [2.75, 3.05) is 12.0 Å². The molecule has 0 saturated carbocycles. The fourth-order valence-corrected chi connectivity index (χ4v) is 4.33. The Morgan fingerprint density at radius 1 is 0.971 bits per heavy atom. The number of Topliss-reactive ketones (excluding diaryl/α,β-unsaturated/α-hetero) is 1. The van der Waals surface area contributed by atoms with Gasteiger partial charge in [-0.2, -0.15) is 0 Å². The SMILES string of the molecule is COc1cccc(C2/C(=C(/O)c3cccc(Cl)c3)C(=O)C(=O)N2c2ccc(C(C)(C)C)cc2)c1. The lowest BCUT2D eigenvalue weighted by Gasteiger charge is -2.27. The first-order valence-corrected chi connectivity index (χ1v) is 11.3. The molecule has 1 unspecified atom stereocenters. The summed E-state index contributed by atoms with van der Waals surface area (Å²) in [6.45, 7) is 6.32. The number of rotatable bonds is 4. The molecule has 174 valence electrons. The van der Waals surface area contributed by atoms with Gasteiger partial charge in [0.15, 0.2) is 0 Å². The molecule has 4 rings (SSSR count). The van der Waals surface area contributed by atoms with Crippen molar-refractivity contribution in [1.82, 2.24) is 0 Å². The number of amides is 1. The molecular weight excluding hydrogens is 450 g/mol. The van der Waals surface area contributed by atoms with Crippen LogP contribution in [0.1, 0.15) is 43.5 Å². The van der Waals surface area contributed by atoms with Crippen molar-refractivity contribution >= 4 is 34.7 Å². The van der Waals surface area contributed by atoms with Crippen LogP contribution in [0.3, 0.4) is 0 Å². The topological polar surface area (TPSA) is 66.8 Å². The number of anilines is 1. The highest BCUT2D eigenvalue weighted by Crippen LogP contribution is 2.43. The number of benzene rings is 3. The van der Waals surface area contributed by atoms with Gasteiger partial charge < -0.3 is 9.84 Å². The first kappa shape index (κ1) is 23.6. The number of nitrogens with zero attached hydrogens (tertiary/aromatic N) is 1. The van der Waals surface area contributed by atoms with E-state index in [9.17, 15) is 14.7 Å². The summed E-state index contributed by atoms with van der Waals surface area (Å²) in [5.74, 6) is -1.17. The Kier molecular flexibility index (Phi) is 6.24. The first-order valence-electron chi connectivity index (χ1n) is 10.9. The normalized spacial score (nSPS) is 17.8. The zero-order valence-corrected chi connectivity index (χ0v) is 20.3. The van der Waals surface area contributed by atoms with Gasteiger partial charge in [-0.25, -0.2) is 0 Å². The Morgan fingerprint density at radius 3 is 2.26 bits per heavy atom. The van der Waals surface area contributed by atoms with E-state index in [1.54, 1.807) is 55.6 Å². The summed E-state index contributed by atoms with van der Waals surface area (Å²) >= 11 is 6.12. The van der Waals surface area contributed by atoms with Gasteiger partial charge in [-0.15, -0.1) is 0 Å². The molecule has 1 fully saturated rings. The summed E-state index contributed by atoms with van der Waals surface area (Å²) in [5, 5.41) is 11.6. The van der Waals surface area contributed by atoms with Gasteiger partial charge in [-0.3, -0.25) is 14.5 Å². The molecule has 34 heavy (non-hydrogen) atoms. The number of halogens is 1. The fraction of sp³-hybridized carbons (Fsp3) is 0.214. The number of carbonyl (C=O) groups is 2. The van der Waals surface area contributed by atoms with Crippen LogP contribution in [-0.2, 0) is 15.0 Å². The number of hydrogen-bond acceptors (Lipinski definition) is 4. The predicted octanol–water partition coefficient (Wildman–Crippen LogP) is 6.27. The third kappa shape index (κ3) is 4.31. The molecule has 0 aliphatic carbocycles. The number of carbonyl (C=O) groups excluding carboxylic acids is 2. The molecule has 0 bridgehead atoms. The summed E-state index contributed by atoms with van der Waals surface area (Å²) < 4.78 is 5.37. The number of methoxy groups -OCH3 is 1. The highest BCUT2D eigenvalue weighted by molar-refractivity contribution is 6.51. The average Bonchev–Trinajstić information content (AvgIpc) is 3.08. The largest absolute Gasteiger partial charge is 0.507 e. The van der Waals surface area contributed by atoms with E-state index in [4.69, 9.17) is 16.3 Å². The molecule has 1 heterocycles. The highest BCUT2D eigenvalue weighted by Gasteiger charge is 2.47. The predicted molar refractivity (Wildman–Crippen MR) is 134 cm³/mol. The van der Waals surface area contributed by atoms with Crippen LogP contribution in [-0.4, -0.2) is 23.9 Å². The molecule has 3 aromatic carbocycles. The van der Waals surface area contributed by atoms with Crippen LogP contribution in [0.15, 0.2) is 78.4 Å². The van der Waals surface area contributed by atoms with Crippen LogP contribution in [0.25, 0.3) is 5.76 Å². The molecule has 0 spiro atoms. The van der Waals surface area contributed by atoms with Crippen molar-refractivity contribution in [3.05, 3.63) is 100 Å². The van der Waals surface area contributed by atoms with Gasteiger partial charge >= 0.3 is 0 Å². The van der Waals surface area contributed by atoms with Gasteiger partial charge in [0.25, 0.3) is 11.7 Å². The van der Waals surface area contributed by atoms with Crippen LogP contribution >= 0.6 is 11.6 Å². The van der Waals surface area contributed by atoms with E-state index in [0.29, 0.717) is 27.6 Å². The minimum absolute atomic E-state index is 0.000387. The lowest BCUT2D eigenvalue weighted by molar-refractivity contribution is -0.132. The second-order valence-electron chi connectivity index (χ2n) is 9.25. The van der Waals surface area contributed by atoms with Gasteiger partial charge in [-0.1, -0.05) is 68.8 Å². The van der Waals surface area contributed by atoms with E-state index in [1.165, 1.54) is 4.90 Å². The smallest absolute Gasteiger partial charge is 0.300 e. The van der Waals surface area contributed by atoms with E-state index in [-0.39, 0.29) is 16.7 Å². The summed E-state index contributed by atoms with van der Waals surface area (Å²) in [7, 11) is 1.55. The van der Waals surface area contributed by atoms with Crippen LogP contribution in [0.4, 0.5) is 5.69 Å². The van der Waals surface area contributed by atoms with Crippen LogP contribution in [0.5, 0.6) is 5.75 Å². The minimum atomic E-state index is -0.838. The molecule has 3 aromatic rings. The number of ether oxygens (including phenoxy) is 1. The molecule has 1 saturated heterocycles. The van der Waals surface area contributed by atoms with Gasteiger partial charge in [0.2, 0.25) is 0 Å². The molecule has 5 nitrogen and oxygen atoms in total. The summed E-state index contributed by atoms with van der Waals surface area (Å²) in [6, 6.07) is 20.4. The van der Waals surface area contributed by atoms with E-state index < -0.39 is 17.7 Å². The summed E-state index contributed by atoms with van der Waals surface area (Å²) in [5.41, 5.74) is 2.60. The van der Waals surface area contributed by atoms with Crippen molar-refractivity contribution < 1.29 is 19.4 Å². The van der Waals surface area contributed by atoms with E-state index in [0.717, 1.165) is 5.56 Å². The number of hydrogen-bond donors (Lipinski definition) is 1. The summed E-state index contributed by atoms with van der Waals surface area (Å²) in [6.07, 6.45) is 0. The molecule has 1 amide bonds. The highest BCUT2D eigenvalue weighted by atomic mass is 35.5. The molecule has 1 N–H and O–H groups in total. The third-order valence-corrected chi connectivity index (χ3v) is 6.20. The maximum absolute atomic E-state index is 13.3. The fourth-order valence-electron chi connectivity index (χ4n) is 4.14. The van der Waals surface area contributed by atoms with Crippen molar-refractivity contribution in [2.45, 2.75) is 32.2 Å². The van der Waals surface area contributed by atoms with E-state index in [2.05, 4.69) is 20.8 Å². The Labute approximate surface area is 204 Å². The van der Waals surface area contributed by atoms with Gasteiger partial charge in [0, 0.05) is 16.3 Å². The van der Waals surface area contributed by atoms with Crippen molar-refractivity contribution in [1.29, 1.82) is 0 Å². The number of aliphatic hydroxyl groups is 1. The van der Waals surface area contributed by atoms with Crippen molar-refractivity contribution in [2.24, 2.45) is 0 Å². The van der Waals surface area contributed by atoms with E-state index >= 15 is 0 Å². The monoisotopic (exact) mass is 475 g/mol. The lowest BCUT2D eigenvalue weighted by Crippen LogP contribution is -2.29. The molecule has 6 heteroatoms. The molecule has 1 aliphatic heterocycles. The molecule has 0 radical (unpaired) electrons. The van der Waals surface area contributed by atoms with Crippen molar-refractivity contribution in [3.63, 3.8) is 0 Å². The quantitative estimate of drug-likeness (QED) is 0.274. The molecule has 0 aromatic heterocycles. The zero-order chi connectivity index (χ0) is 24.6. The summed E-state index contributed by atoms with van der Waals surface area (Å²) in [4.78, 5) is 28.0. The standard InChI is InChI=1S/C28H26ClNO4/c1-28(2,3)19-11-13-21(14-12-19)30-24(17-7-6-10-22(16-17)34-4)23(26(32)27(30)33)25(31)18-8-5-9-20(29)15-18/h5-16,24,31H,1-4H3/b25-23-. The number of aliphatic hydroxyl groups excluding tert-OH is 1. The van der Waals surface area contributed by atoms with Gasteiger partial charge in [-0.05, 0) is 52.9 Å². The molecular formula is C28H26ClNO4. The van der Waals surface area contributed by atoms with Crippen LogP contribution in [0, 0.1) is 0 Å². The van der Waals surface area contributed by atoms with Gasteiger partial charge in [0.05, 0.1) is 18.7 Å². The van der Waals surface area contributed by atoms with Crippen molar-refractivity contribution in [3.8, 4) is 5.75 Å². The third-order valence-electron chi connectivity index (χ3n) is 5.96. The second kappa shape index (κ2) is 8.99. The van der Waals surface area contributed by atoms with E-state index in [1.807, 2.05) is 24.3 Å². The van der Waals surface area contributed by atoms with Gasteiger partial charge in [0.1, 0.15) is 11.5 Å².